The Labute approximate surface area is 80.0 Å². The number of unbranched alkanes of at least 4 members (excludes halogenated alkanes) is 2. The van der Waals surface area contributed by atoms with Crippen LogP contribution in [0.1, 0.15) is 31.9 Å². The molecule has 1 aromatic rings. The van der Waals surface area contributed by atoms with Crippen LogP contribution in [0.4, 0.5) is 0 Å². The molecule has 2 heteroatoms. The van der Waals surface area contributed by atoms with E-state index in [4.69, 9.17) is 4.74 Å². The molecule has 0 spiro atoms. The Hall–Kier alpha value is -1.05. The third kappa shape index (κ3) is 3.92. The van der Waals surface area contributed by atoms with Crippen LogP contribution in [0, 0.1) is 6.92 Å². The summed E-state index contributed by atoms with van der Waals surface area (Å²) in [5.41, 5.74) is 1.03. The van der Waals surface area contributed by atoms with Crippen LogP contribution < -0.4 is 4.74 Å². The van der Waals surface area contributed by atoms with Gasteiger partial charge < -0.3 is 4.74 Å². The van der Waals surface area contributed by atoms with Crippen molar-refractivity contribution in [3.63, 3.8) is 0 Å². The number of ether oxygens (including phenoxy) is 1. The molecule has 0 radical (unpaired) electrons. The van der Waals surface area contributed by atoms with Crippen molar-refractivity contribution in [1.29, 1.82) is 0 Å². The fourth-order valence-electron chi connectivity index (χ4n) is 1.08. The molecular formula is C11H17NO. The van der Waals surface area contributed by atoms with E-state index in [1.165, 1.54) is 12.8 Å². The van der Waals surface area contributed by atoms with Crippen molar-refractivity contribution in [2.45, 2.75) is 33.1 Å². The van der Waals surface area contributed by atoms with Crippen LogP contribution in [0.25, 0.3) is 0 Å². The van der Waals surface area contributed by atoms with Gasteiger partial charge in [0.15, 0.2) is 0 Å². The van der Waals surface area contributed by atoms with Gasteiger partial charge in [-0.15, -0.1) is 0 Å². The maximum atomic E-state index is 5.50. The van der Waals surface area contributed by atoms with E-state index < -0.39 is 0 Å². The van der Waals surface area contributed by atoms with Crippen LogP contribution in [-0.4, -0.2) is 11.6 Å². The molecule has 0 aliphatic carbocycles. The van der Waals surface area contributed by atoms with E-state index in [1.807, 2.05) is 19.1 Å². The third-order valence-corrected chi connectivity index (χ3v) is 1.90. The lowest BCUT2D eigenvalue weighted by Crippen LogP contribution is -1.97. The van der Waals surface area contributed by atoms with Crippen LogP contribution in [0.5, 0.6) is 5.75 Å². The summed E-state index contributed by atoms with van der Waals surface area (Å²) in [6.45, 7) is 4.97. The van der Waals surface area contributed by atoms with Gasteiger partial charge in [-0.1, -0.05) is 19.8 Å². The Morgan fingerprint density at radius 2 is 2.15 bits per heavy atom. The minimum atomic E-state index is 0.804. The second kappa shape index (κ2) is 5.57. The Morgan fingerprint density at radius 1 is 1.31 bits per heavy atom. The zero-order chi connectivity index (χ0) is 9.52. The normalized spacial score (nSPS) is 10.0. The van der Waals surface area contributed by atoms with Gasteiger partial charge in [-0.25, -0.2) is 0 Å². The van der Waals surface area contributed by atoms with Gasteiger partial charge >= 0.3 is 0 Å². The van der Waals surface area contributed by atoms with E-state index in [0.717, 1.165) is 24.5 Å². The summed E-state index contributed by atoms with van der Waals surface area (Å²) in [4.78, 5) is 4.15. The first-order valence-electron chi connectivity index (χ1n) is 4.88. The predicted octanol–water partition coefficient (Wildman–Crippen LogP) is 2.96. The number of nitrogens with zero attached hydrogens (tertiary/aromatic N) is 1. The molecule has 2 nitrogen and oxygen atoms in total. The van der Waals surface area contributed by atoms with Crippen molar-refractivity contribution in [2.75, 3.05) is 6.61 Å². The minimum absolute atomic E-state index is 0.804. The number of rotatable bonds is 5. The Morgan fingerprint density at radius 3 is 2.77 bits per heavy atom. The van der Waals surface area contributed by atoms with Crippen molar-refractivity contribution >= 4 is 0 Å². The van der Waals surface area contributed by atoms with Gasteiger partial charge in [-0.3, -0.25) is 4.98 Å². The fraction of sp³-hybridized carbons (Fsp3) is 0.545. The van der Waals surface area contributed by atoms with Crippen molar-refractivity contribution < 1.29 is 4.74 Å². The maximum absolute atomic E-state index is 5.50. The molecule has 0 unspecified atom stereocenters. The highest BCUT2D eigenvalue weighted by Crippen LogP contribution is 2.09. The quantitative estimate of drug-likeness (QED) is 0.648. The zero-order valence-electron chi connectivity index (χ0n) is 8.42. The van der Waals surface area contributed by atoms with E-state index in [0.29, 0.717) is 0 Å². The highest BCUT2D eigenvalue weighted by atomic mass is 16.5. The van der Waals surface area contributed by atoms with Gasteiger partial charge in [-0.2, -0.15) is 0 Å². The predicted molar refractivity (Wildman–Crippen MR) is 54.0 cm³/mol. The smallest absolute Gasteiger partial charge is 0.137 e. The number of aryl methyl sites for hydroxylation is 1. The summed E-state index contributed by atoms with van der Waals surface area (Å²) < 4.78 is 5.50. The van der Waals surface area contributed by atoms with Gasteiger partial charge in [0.25, 0.3) is 0 Å². The summed E-state index contributed by atoms with van der Waals surface area (Å²) >= 11 is 0. The first-order chi connectivity index (χ1) is 6.33. The van der Waals surface area contributed by atoms with Crippen molar-refractivity contribution in [2.24, 2.45) is 0 Å². The molecule has 13 heavy (non-hydrogen) atoms. The number of hydrogen-bond acceptors (Lipinski definition) is 2. The average Bonchev–Trinajstić information content (AvgIpc) is 2.15. The van der Waals surface area contributed by atoms with E-state index >= 15 is 0 Å². The van der Waals surface area contributed by atoms with Crippen LogP contribution in [-0.2, 0) is 0 Å². The summed E-state index contributed by atoms with van der Waals surface area (Å²) in [6.07, 6.45) is 5.38. The zero-order valence-corrected chi connectivity index (χ0v) is 8.42. The first kappa shape index (κ1) is 10.0. The molecule has 0 aliphatic rings. The Balaban J connectivity index is 2.25. The number of aromatic nitrogens is 1. The first-order valence-corrected chi connectivity index (χ1v) is 4.88. The summed E-state index contributed by atoms with van der Waals surface area (Å²) in [6, 6.07) is 3.93. The lowest BCUT2D eigenvalue weighted by Gasteiger charge is -2.04. The lowest BCUT2D eigenvalue weighted by molar-refractivity contribution is 0.305. The Bertz CT molecular complexity index is 230. The Kier molecular flexibility index (Phi) is 4.30. The largest absolute Gasteiger partial charge is 0.492 e. The highest BCUT2D eigenvalue weighted by molar-refractivity contribution is 5.18. The number of pyridine rings is 1. The second-order valence-electron chi connectivity index (χ2n) is 3.19. The molecule has 72 valence electrons. The van der Waals surface area contributed by atoms with Crippen LogP contribution in [0.3, 0.4) is 0 Å². The molecule has 1 rings (SSSR count). The van der Waals surface area contributed by atoms with Crippen molar-refractivity contribution in [1.82, 2.24) is 4.98 Å². The molecule has 0 fully saturated rings. The monoisotopic (exact) mass is 179 g/mol. The van der Waals surface area contributed by atoms with Gasteiger partial charge in [0, 0.05) is 5.69 Å². The molecule has 1 heterocycles. The van der Waals surface area contributed by atoms with Crippen LogP contribution in [0.2, 0.25) is 0 Å². The van der Waals surface area contributed by atoms with Crippen molar-refractivity contribution in [3.8, 4) is 5.75 Å². The molecular weight excluding hydrogens is 162 g/mol. The lowest BCUT2D eigenvalue weighted by atomic mass is 10.3. The van der Waals surface area contributed by atoms with Crippen LogP contribution in [0.15, 0.2) is 18.3 Å². The standard InChI is InChI=1S/C11H17NO/c1-3-4-5-8-13-11-7-6-10(2)12-9-11/h6-7,9H,3-5,8H2,1-2H3. The maximum Gasteiger partial charge on any atom is 0.137 e. The molecule has 0 aliphatic heterocycles. The molecule has 0 N–H and O–H groups in total. The number of hydrogen-bond donors (Lipinski definition) is 0. The summed E-state index contributed by atoms with van der Waals surface area (Å²) in [5, 5.41) is 0. The van der Waals surface area contributed by atoms with E-state index in [2.05, 4.69) is 11.9 Å². The topological polar surface area (TPSA) is 22.1 Å². The highest BCUT2D eigenvalue weighted by Gasteiger charge is 1.92. The molecule has 1 aromatic heterocycles. The molecule has 0 saturated heterocycles. The molecule has 0 amide bonds. The third-order valence-electron chi connectivity index (χ3n) is 1.90. The summed E-state index contributed by atoms with van der Waals surface area (Å²) in [5.74, 6) is 0.877. The van der Waals surface area contributed by atoms with E-state index in [9.17, 15) is 0 Å². The average molecular weight is 179 g/mol. The minimum Gasteiger partial charge on any atom is -0.492 e. The second-order valence-corrected chi connectivity index (χ2v) is 3.19. The SMILES string of the molecule is CCCCCOc1ccc(C)nc1. The fourth-order valence-corrected chi connectivity index (χ4v) is 1.08. The van der Waals surface area contributed by atoms with Gasteiger partial charge in [0.2, 0.25) is 0 Å². The molecule has 0 atom stereocenters. The van der Waals surface area contributed by atoms with E-state index in [-0.39, 0.29) is 0 Å². The van der Waals surface area contributed by atoms with Gasteiger partial charge in [-0.05, 0) is 25.5 Å². The molecule has 0 aromatic carbocycles. The van der Waals surface area contributed by atoms with Gasteiger partial charge in [0.1, 0.15) is 5.75 Å². The molecule has 0 bridgehead atoms. The van der Waals surface area contributed by atoms with E-state index in [1.54, 1.807) is 6.20 Å². The molecule has 0 saturated carbocycles. The van der Waals surface area contributed by atoms with Crippen LogP contribution >= 0.6 is 0 Å². The summed E-state index contributed by atoms with van der Waals surface area (Å²) in [7, 11) is 0. The van der Waals surface area contributed by atoms with Gasteiger partial charge in [0.05, 0.1) is 12.8 Å². The van der Waals surface area contributed by atoms with Crippen molar-refractivity contribution in [3.05, 3.63) is 24.0 Å².